The van der Waals surface area contributed by atoms with E-state index in [0.29, 0.717) is 11.7 Å². The summed E-state index contributed by atoms with van der Waals surface area (Å²) in [5.74, 6) is -0.244. The summed E-state index contributed by atoms with van der Waals surface area (Å²) in [7, 11) is 0. The van der Waals surface area contributed by atoms with Crippen molar-refractivity contribution in [3.63, 3.8) is 0 Å². The molecule has 1 atom stereocenters. The second-order valence-electron chi connectivity index (χ2n) is 6.84. The lowest BCUT2D eigenvalue weighted by Crippen LogP contribution is -2.49. The SMILES string of the molecule is O=C(c1csc(-c2ccc(F)cc2)n1)N1CCCC(N2CCCC2)C1. The minimum absolute atomic E-state index is 0.0218. The number of benzene rings is 1. The minimum Gasteiger partial charge on any atom is -0.336 e. The molecule has 0 spiro atoms. The predicted octanol–water partition coefficient (Wildman–Crippen LogP) is 3.65. The average Bonchev–Trinajstić information content (AvgIpc) is 3.34. The molecule has 2 fully saturated rings. The molecule has 25 heavy (non-hydrogen) atoms. The van der Waals surface area contributed by atoms with Crippen LogP contribution in [0.3, 0.4) is 0 Å². The van der Waals surface area contributed by atoms with Gasteiger partial charge in [-0.05, 0) is 63.0 Å². The van der Waals surface area contributed by atoms with E-state index in [4.69, 9.17) is 0 Å². The van der Waals surface area contributed by atoms with Crippen LogP contribution in [0.4, 0.5) is 4.39 Å². The van der Waals surface area contributed by atoms with Gasteiger partial charge in [-0.2, -0.15) is 0 Å². The molecule has 0 N–H and O–H groups in total. The molecule has 3 heterocycles. The molecule has 2 aliphatic heterocycles. The van der Waals surface area contributed by atoms with E-state index in [2.05, 4.69) is 9.88 Å². The van der Waals surface area contributed by atoms with Crippen LogP contribution in [-0.2, 0) is 0 Å². The zero-order valence-corrected chi connectivity index (χ0v) is 15.0. The van der Waals surface area contributed by atoms with Crippen molar-refractivity contribution in [2.24, 2.45) is 0 Å². The molecular formula is C19H22FN3OS. The lowest BCUT2D eigenvalue weighted by atomic mass is 10.0. The first kappa shape index (κ1) is 16.7. The molecule has 4 rings (SSSR count). The van der Waals surface area contributed by atoms with Gasteiger partial charge in [0, 0.05) is 30.1 Å². The van der Waals surface area contributed by atoms with Crippen LogP contribution in [0.1, 0.15) is 36.2 Å². The molecule has 1 amide bonds. The summed E-state index contributed by atoms with van der Waals surface area (Å²) in [6.07, 6.45) is 4.79. The van der Waals surface area contributed by atoms with Crippen LogP contribution >= 0.6 is 11.3 Å². The monoisotopic (exact) mass is 359 g/mol. The van der Waals surface area contributed by atoms with Crippen LogP contribution in [-0.4, -0.2) is 52.9 Å². The maximum Gasteiger partial charge on any atom is 0.273 e. The molecule has 1 aromatic heterocycles. The number of aromatic nitrogens is 1. The normalized spacial score (nSPS) is 21.6. The minimum atomic E-state index is -0.266. The van der Waals surface area contributed by atoms with Crippen LogP contribution in [0.15, 0.2) is 29.6 Å². The fraction of sp³-hybridized carbons (Fsp3) is 0.474. The highest BCUT2D eigenvalue weighted by Crippen LogP contribution is 2.26. The fourth-order valence-corrected chi connectivity index (χ4v) is 4.60. The van der Waals surface area contributed by atoms with Crippen molar-refractivity contribution in [3.05, 3.63) is 41.2 Å². The van der Waals surface area contributed by atoms with E-state index in [1.807, 2.05) is 10.3 Å². The van der Waals surface area contributed by atoms with Crippen molar-refractivity contribution in [1.82, 2.24) is 14.8 Å². The second kappa shape index (κ2) is 7.22. The van der Waals surface area contributed by atoms with E-state index in [1.54, 1.807) is 12.1 Å². The quantitative estimate of drug-likeness (QED) is 0.839. The van der Waals surface area contributed by atoms with Crippen molar-refractivity contribution in [2.45, 2.75) is 31.7 Å². The molecule has 0 bridgehead atoms. The van der Waals surface area contributed by atoms with Crippen molar-refractivity contribution < 1.29 is 9.18 Å². The smallest absolute Gasteiger partial charge is 0.273 e. The van der Waals surface area contributed by atoms with Gasteiger partial charge in [-0.25, -0.2) is 9.37 Å². The van der Waals surface area contributed by atoms with E-state index in [1.165, 1.54) is 42.7 Å². The van der Waals surface area contributed by atoms with Gasteiger partial charge in [-0.1, -0.05) is 0 Å². The molecule has 1 aromatic carbocycles. The first-order chi connectivity index (χ1) is 12.2. The third kappa shape index (κ3) is 3.60. The Balaban J connectivity index is 1.46. The summed E-state index contributed by atoms with van der Waals surface area (Å²) < 4.78 is 13.1. The Hall–Kier alpha value is -1.79. The number of hydrogen-bond donors (Lipinski definition) is 0. The van der Waals surface area contributed by atoms with Gasteiger partial charge in [0.25, 0.3) is 5.91 Å². The van der Waals surface area contributed by atoms with Crippen LogP contribution in [0.5, 0.6) is 0 Å². The molecule has 6 heteroatoms. The highest BCUT2D eigenvalue weighted by molar-refractivity contribution is 7.13. The maximum absolute atomic E-state index is 13.1. The molecule has 2 saturated heterocycles. The molecule has 0 saturated carbocycles. The number of carbonyl (C=O) groups excluding carboxylic acids is 1. The fourth-order valence-electron chi connectivity index (χ4n) is 3.80. The Kier molecular flexibility index (Phi) is 4.81. The zero-order valence-electron chi connectivity index (χ0n) is 14.2. The number of carbonyl (C=O) groups is 1. The first-order valence-electron chi connectivity index (χ1n) is 8.95. The molecule has 2 aromatic rings. The van der Waals surface area contributed by atoms with Crippen molar-refractivity contribution in [1.29, 1.82) is 0 Å². The Bertz CT molecular complexity index is 739. The number of rotatable bonds is 3. The topological polar surface area (TPSA) is 36.4 Å². The van der Waals surface area contributed by atoms with Gasteiger partial charge in [0.1, 0.15) is 16.5 Å². The Labute approximate surface area is 151 Å². The number of hydrogen-bond acceptors (Lipinski definition) is 4. The van der Waals surface area contributed by atoms with Gasteiger partial charge in [-0.15, -0.1) is 11.3 Å². The number of amides is 1. The molecule has 132 valence electrons. The summed E-state index contributed by atoms with van der Waals surface area (Å²) >= 11 is 1.44. The molecular weight excluding hydrogens is 337 g/mol. The van der Waals surface area contributed by atoms with E-state index >= 15 is 0 Å². The number of nitrogens with zero attached hydrogens (tertiary/aromatic N) is 3. The van der Waals surface area contributed by atoms with E-state index in [-0.39, 0.29) is 11.7 Å². The van der Waals surface area contributed by atoms with Gasteiger partial charge in [0.05, 0.1) is 0 Å². The second-order valence-corrected chi connectivity index (χ2v) is 7.69. The third-order valence-electron chi connectivity index (χ3n) is 5.16. The van der Waals surface area contributed by atoms with Crippen LogP contribution in [0.25, 0.3) is 10.6 Å². The average molecular weight is 359 g/mol. The molecule has 1 unspecified atom stereocenters. The third-order valence-corrected chi connectivity index (χ3v) is 6.05. The Morgan fingerprint density at radius 2 is 1.88 bits per heavy atom. The van der Waals surface area contributed by atoms with Crippen molar-refractivity contribution in [2.75, 3.05) is 26.2 Å². The van der Waals surface area contributed by atoms with Crippen molar-refractivity contribution >= 4 is 17.2 Å². The number of piperidine rings is 1. The van der Waals surface area contributed by atoms with Crippen molar-refractivity contribution in [3.8, 4) is 10.6 Å². The first-order valence-corrected chi connectivity index (χ1v) is 9.83. The van der Waals surface area contributed by atoms with E-state index < -0.39 is 0 Å². The number of halogens is 1. The highest BCUT2D eigenvalue weighted by Gasteiger charge is 2.30. The summed E-state index contributed by atoms with van der Waals surface area (Å²) in [5.41, 5.74) is 1.35. The predicted molar refractivity (Wildman–Crippen MR) is 97.2 cm³/mol. The van der Waals surface area contributed by atoms with Gasteiger partial charge < -0.3 is 4.90 Å². The van der Waals surface area contributed by atoms with Crippen LogP contribution < -0.4 is 0 Å². The largest absolute Gasteiger partial charge is 0.336 e. The molecule has 2 aliphatic rings. The Morgan fingerprint density at radius 1 is 1.12 bits per heavy atom. The number of likely N-dealkylation sites (tertiary alicyclic amines) is 2. The van der Waals surface area contributed by atoms with Gasteiger partial charge in [0.15, 0.2) is 0 Å². The summed E-state index contributed by atoms with van der Waals surface area (Å²) in [4.78, 5) is 21.8. The summed E-state index contributed by atoms with van der Waals surface area (Å²) in [5, 5.41) is 2.58. The molecule has 0 radical (unpaired) electrons. The van der Waals surface area contributed by atoms with Gasteiger partial charge in [-0.3, -0.25) is 9.69 Å². The maximum atomic E-state index is 13.1. The lowest BCUT2D eigenvalue weighted by Gasteiger charge is -2.37. The molecule has 0 aliphatic carbocycles. The summed E-state index contributed by atoms with van der Waals surface area (Å²) in [6.45, 7) is 3.95. The lowest BCUT2D eigenvalue weighted by molar-refractivity contribution is 0.0603. The van der Waals surface area contributed by atoms with E-state index in [0.717, 1.165) is 43.2 Å². The van der Waals surface area contributed by atoms with Gasteiger partial charge >= 0.3 is 0 Å². The van der Waals surface area contributed by atoms with Gasteiger partial charge in [0.2, 0.25) is 0 Å². The number of thiazole rings is 1. The van der Waals surface area contributed by atoms with E-state index in [9.17, 15) is 9.18 Å². The summed E-state index contributed by atoms with van der Waals surface area (Å²) in [6, 6.07) is 6.74. The highest BCUT2D eigenvalue weighted by atomic mass is 32.1. The van der Waals surface area contributed by atoms with Crippen LogP contribution in [0.2, 0.25) is 0 Å². The zero-order chi connectivity index (χ0) is 17.2. The Morgan fingerprint density at radius 3 is 2.64 bits per heavy atom. The van der Waals surface area contributed by atoms with Crippen LogP contribution in [0, 0.1) is 5.82 Å². The molecule has 4 nitrogen and oxygen atoms in total. The standard InChI is InChI=1S/C19H22FN3OS/c20-15-7-5-14(6-8-15)18-21-17(13-25-18)19(24)23-11-3-4-16(12-23)22-9-1-2-10-22/h5-8,13,16H,1-4,9-12H2.